The molecular weight excluding hydrogens is 352 g/mol. The minimum Gasteiger partial charge on any atom is -0.475 e. The zero-order chi connectivity index (χ0) is 19.7. The first-order valence-electron chi connectivity index (χ1n) is 9.68. The van der Waals surface area contributed by atoms with E-state index in [0.29, 0.717) is 18.1 Å². The molecule has 0 atom stereocenters. The summed E-state index contributed by atoms with van der Waals surface area (Å²) in [5.41, 5.74) is 3.03. The summed E-state index contributed by atoms with van der Waals surface area (Å²) in [6, 6.07) is 9.70. The molecule has 6 heteroatoms. The van der Waals surface area contributed by atoms with Crippen LogP contribution in [0.25, 0.3) is 11.1 Å². The number of carbonyl (C=O) groups is 1. The van der Waals surface area contributed by atoms with Crippen LogP contribution in [0.4, 0.5) is 5.82 Å². The number of benzene rings is 1. The molecule has 0 aliphatic carbocycles. The topological polar surface area (TPSA) is 58.0 Å². The Morgan fingerprint density at radius 3 is 2.50 bits per heavy atom. The smallest absolute Gasteiger partial charge is 0.219 e. The lowest BCUT2D eigenvalue weighted by Gasteiger charge is -2.33. The summed E-state index contributed by atoms with van der Waals surface area (Å²) < 4.78 is 5.89. The number of aldehydes is 1. The van der Waals surface area contributed by atoms with Crippen LogP contribution in [-0.2, 0) is 4.74 Å². The van der Waals surface area contributed by atoms with Crippen molar-refractivity contribution in [2.45, 2.75) is 19.4 Å². The van der Waals surface area contributed by atoms with E-state index in [4.69, 9.17) is 14.7 Å². The molecule has 4 rings (SSSR count). The first-order chi connectivity index (χ1) is 13.5. The lowest BCUT2D eigenvalue weighted by Crippen LogP contribution is -2.44. The van der Waals surface area contributed by atoms with Crippen molar-refractivity contribution >= 4 is 18.0 Å². The Bertz CT molecular complexity index is 915. The number of hydrogen-bond acceptors (Lipinski definition) is 6. The van der Waals surface area contributed by atoms with Crippen LogP contribution in [0.2, 0.25) is 0 Å². The zero-order valence-electron chi connectivity index (χ0n) is 16.7. The van der Waals surface area contributed by atoms with E-state index in [0.717, 1.165) is 55.0 Å². The molecule has 0 N–H and O–H groups in total. The van der Waals surface area contributed by atoms with E-state index in [9.17, 15) is 4.79 Å². The van der Waals surface area contributed by atoms with Crippen molar-refractivity contribution in [3.8, 4) is 11.1 Å². The Hall–Kier alpha value is -2.73. The predicted octanol–water partition coefficient (Wildman–Crippen LogP) is 2.87. The normalized spacial score (nSPS) is 19.2. The molecule has 0 radical (unpaired) electrons. The van der Waals surface area contributed by atoms with E-state index in [2.05, 4.69) is 22.9 Å². The van der Waals surface area contributed by atoms with Crippen molar-refractivity contribution < 1.29 is 9.53 Å². The summed E-state index contributed by atoms with van der Waals surface area (Å²) in [6.07, 6.45) is 2.74. The third-order valence-corrected chi connectivity index (χ3v) is 5.29. The molecule has 1 saturated heterocycles. The van der Waals surface area contributed by atoms with Gasteiger partial charge >= 0.3 is 0 Å². The number of nitrogens with zero attached hydrogens (tertiary/aromatic N) is 4. The molecule has 2 aliphatic heterocycles. The molecule has 0 saturated carbocycles. The molecule has 0 spiro atoms. The van der Waals surface area contributed by atoms with Crippen LogP contribution < -0.4 is 4.90 Å². The lowest BCUT2D eigenvalue weighted by molar-refractivity contribution is 0.112. The van der Waals surface area contributed by atoms with E-state index in [1.54, 1.807) is 0 Å². The van der Waals surface area contributed by atoms with Gasteiger partial charge in [-0.1, -0.05) is 24.3 Å². The maximum absolute atomic E-state index is 11.7. The van der Waals surface area contributed by atoms with Crippen molar-refractivity contribution in [2.24, 2.45) is 4.99 Å². The molecule has 0 bridgehead atoms. The highest BCUT2D eigenvalue weighted by Crippen LogP contribution is 2.32. The van der Waals surface area contributed by atoms with Gasteiger partial charge in [0.1, 0.15) is 12.4 Å². The molecule has 1 aromatic heterocycles. The summed E-state index contributed by atoms with van der Waals surface area (Å²) in [7, 11) is 2.14. The first-order valence-corrected chi connectivity index (χ1v) is 9.68. The van der Waals surface area contributed by atoms with Crippen LogP contribution in [0.15, 0.2) is 41.5 Å². The molecule has 2 aliphatic rings. The highest BCUT2D eigenvalue weighted by molar-refractivity contribution is 6.04. The average Bonchev–Trinajstić information content (AvgIpc) is 3.07. The summed E-state index contributed by atoms with van der Waals surface area (Å²) >= 11 is 0. The van der Waals surface area contributed by atoms with E-state index in [1.165, 1.54) is 0 Å². The van der Waals surface area contributed by atoms with Crippen molar-refractivity contribution in [1.82, 2.24) is 9.88 Å². The van der Waals surface area contributed by atoms with Gasteiger partial charge in [-0.05, 0) is 32.5 Å². The molecule has 1 fully saturated rings. The highest BCUT2D eigenvalue weighted by atomic mass is 16.5. The zero-order valence-corrected chi connectivity index (χ0v) is 16.7. The average molecular weight is 378 g/mol. The van der Waals surface area contributed by atoms with Gasteiger partial charge in [-0.3, -0.25) is 4.79 Å². The number of pyridine rings is 1. The molecular formula is C22H26N4O2. The Kier molecular flexibility index (Phi) is 4.89. The Labute approximate surface area is 165 Å². The molecule has 0 unspecified atom stereocenters. The van der Waals surface area contributed by atoms with Gasteiger partial charge in [0.2, 0.25) is 5.90 Å². The number of ether oxygens (including phenoxy) is 1. The van der Waals surface area contributed by atoms with Gasteiger partial charge < -0.3 is 14.5 Å². The number of hydrogen-bond donors (Lipinski definition) is 0. The number of aromatic nitrogens is 1. The summed E-state index contributed by atoms with van der Waals surface area (Å²) in [5, 5.41) is 0. The second-order valence-electron chi connectivity index (χ2n) is 8.10. The highest BCUT2D eigenvalue weighted by Gasteiger charge is 2.29. The standard InChI is InChI=1S/C22H26N4O2/c1-22(2)15-28-21(24-22)19-13-23-20(26-10-8-25(3)9-11-26)12-18(19)17-7-5-4-6-16(17)14-27/h4-7,12-14H,8-11,15H2,1-3H3. The maximum Gasteiger partial charge on any atom is 0.219 e. The van der Waals surface area contributed by atoms with Crippen LogP contribution in [0.3, 0.4) is 0 Å². The summed E-state index contributed by atoms with van der Waals surface area (Å²) in [6.45, 7) is 8.51. The van der Waals surface area contributed by atoms with E-state index >= 15 is 0 Å². The Morgan fingerprint density at radius 2 is 1.82 bits per heavy atom. The number of aliphatic imine (C=N–C) groups is 1. The number of anilines is 1. The molecule has 2 aromatic rings. The van der Waals surface area contributed by atoms with Crippen molar-refractivity contribution in [1.29, 1.82) is 0 Å². The maximum atomic E-state index is 11.7. The number of rotatable bonds is 4. The van der Waals surface area contributed by atoms with Gasteiger partial charge in [0.05, 0.1) is 11.1 Å². The van der Waals surface area contributed by atoms with Crippen LogP contribution in [0.1, 0.15) is 29.8 Å². The van der Waals surface area contributed by atoms with Gasteiger partial charge in [-0.25, -0.2) is 9.98 Å². The van der Waals surface area contributed by atoms with Crippen molar-refractivity contribution in [2.75, 3.05) is 44.7 Å². The third kappa shape index (κ3) is 3.64. The summed E-state index contributed by atoms with van der Waals surface area (Å²) in [5.74, 6) is 1.52. The second-order valence-corrected chi connectivity index (χ2v) is 8.10. The minimum atomic E-state index is -0.257. The fraction of sp³-hybridized carbons (Fsp3) is 0.409. The fourth-order valence-electron chi connectivity index (χ4n) is 3.61. The summed E-state index contributed by atoms with van der Waals surface area (Å²) in [4.78, 5) is 25.7. The Balaban J connectivity index is 1.82. The van der Waals surface area contributed by atoms with Gasteiger partial charge in [0.25, 0.3) is 0 Å². The van der Waals surface area contributed by atoms with Crippen molar-refractivity contribution in [3.63, 3.8) is 0 Å². The first kappa shape index (κ1) is 18.6. The molecule has 146 valence electrons. The SMILES string of the molecule is CN1CCN(c2cc(-c3ccccc3C=O)c(C3=NC(C)(C)CO3)cn2)CC1. The monoisotopic (exact) mass is 378 g/mol. The predicted molar refractivity (Wildman–Crippen MR) is 111 cm³/mol. The molecule has 0 amide bonds. The Morgan fingerprint density at radius 1 is 1.07 bits per heavy atom. The second kappa shape index (κ2) is 7.36. The van der Waals surface area contributed by atoms with Gasteiger partial charge in [0.15, 0.2) is 6.29 Å². The van der Waals surface area contributed by atoms with Crippen LogP contribution >= 0.6 is 0 Å². The van der Waals surface area contributed by atoms with Crippen LogP contribution in [0.5, 0.6) is 0 Å². The number of carbonyl (C=O) groups excluding carboxylic acids is 1. The van der Waals surface area contributed by atoms with E-state index < -0.39 is 0 Å². The van der Waals surface area contributed by atoms with E-state index in [-0.39, 0.29) is 5.54 Å². The fourth-order valence-corrected chi connectivity index (χ4v) is 3.61. The van der Waals surface area contributed by atoms with Gasteiger partial charge in [-0.15, -0.1) is 0 Å². The largest absolute Gasteiger partial charge is 0.475 e. The number of piperazine rings is 1. The van der Waals surface area contributed by atoms with Crippen molar-refractivity contribution in [3.05, 3.63) is 47.7 Å². The lowest BCUT2D eigenvalue weighted by atomic mass is 9.96. The van der Waals surface area contributed by atoms with E-state index in [1.807, 2.05) is 44.3 Å². The molecule has 28 heavy (non-hydrogen) atoms. The van der Waals surface area contributed by atoms with Gasteiger partial charge in [0, 0.05) is 43.5 Å². The van der Waals surface area contributed by atoms with Crippen LogP contribution in [-0.4, -0.2) is 67.4 Å². The third-order valence-electron chi connectivity index (χ3n) is 5.29. The minimum absolute atomic E-state index is 0.257. The van der Waals surface area contributed by atoms with Crippen LogP contribution in [0, 0.1) is 0 Å². The molecule has 1 aromatic carbocycles. The van der Waals surface area contributed by atoms with Gasteiger partial charge in [-0.2, -0.15) is 0 Å². The number of likely N-dealkylation sites (N-methyl/N-ethyl adjacent to an activating group) is 1. The quantitative estimate of drug-likeness (QED) is 0.766. The molecule has 3 heterocycles. The molecule has 6 nitrogen and oxygen atoms in total.